The third kappa shape index (κ3) is 5.01. The number of hydrogen-bond acceptors (Lipinski definition) is 5. The summed E-state index contributed by atoms with van der Waals surface area (Å²) in [5.41, 5.74) is 2.58. The SMILES string of the molecule is CCN(CC)CCOc1ccc(C(=O)CC(=O)C2(c3ccccc3)CN(C)c3ccccc32)cc1. The summed E-state index contributed by atoms with van der Waals surface area (Å²) in [5.74, 6) is 0.476. The Morgan fingerprint density at radius 3 is 2.26 bits per heavy atom. The molecule has 1 aliphatic rings. The van der Waals surface area contributed by atoms with Crippen LogP contribution < -0.4 is 9.64 Å². The summed E-state index contributed by atoms with van der Waals surface area (Å²) in [6.07, 6.45) is -0.154. The van der Waals surface area contributed by atoms with Gasteiger partial charge in [0.05, 0.1) is 11.8 Å². The van der Waals surface area contributed by atoms with E-state index in [-0.39, 0.29) is 18.0 Å². The van der Waals surface area contributed by atoms with Gasteiger partial charge in [0.25, 0.3) is 0 Å². The molecule has 0 amide bonds. The number of nitrogens with zero attached hydrogens (tertiary/aromatic N) is 2. The van der Waals surface area contributed by atoms with Crippen LogP contribution in [0.15, 0.2) is 78.9 Å². The van der Waals surface area contributed by atoms with Crippen molar-refractivity contribution < 1.29 is 14.3 Å². The van der Waals surface area contributed by atoms with Gasteiger partial charge in [-0.15, -0.1) is 0 Å². The number of ketones is 2. The zero-order valence-electron chi connectivity index (χ0n) is 20.9. The third-order valence-corrected chi connectivity index (χ3v) is 7.06. The minimum absolute atomic E-state index is 0.0787. The minimum atomic E-state index is -0.865. The van der Waals surface area contributed by atoms with Gasteiger partial charge in [0.1, 0.15) is 12.4 Å². The predicted octanol–water partition coefficient (Wildman–Crippen LogP) is 4.99. The molecule has 0 fully saturated rings. The van der Waals surface area contributed by atoms with Crippen LogP contribution in [-0.4, -0.2) is 56.3 Å². The zero-order chi connectivity index (χ0) is 24.8. The van der Waals surface area contributed by atoms with Crippen molar-refractivity contribution in [2.45, 2.75) is 25.7 Å². The molecule has 5 nitrogen and oxygen atoms in total. The first-order valence-electron chi connectivity index (χ1n) is 12.4. The molecular formula is C30H34N2O3. The van der Waals surface area contributed by atoms with Crippen molar-refractivity contribution in [3.63, 3.8) is 0 Å². The Labute approximate surface area is 208 Å². The van der Waals surface area contributed by atoms with Crippen LogP contribution in [0.3, 0.4) is 0 Å². The summed E-state index contributed by atoms with van der Waals surface area (Å²) in [5, 5.41) is 0. The molecule has 0 aliphatic carbocycles. The molecule has 3 aromatic carbocycles. The van der Waals surface area contributed by atoms with Gasteiger partial charge in [0.2, 0.25) is 0 Å². The summed E-state index contributed by atoms with van der Waals surface area (Å²) in [6.45, 7) is 8.23. The Hall–Kier alpha value is -3.44. The fourth-order valence-corrected chi connectivity index (χ4v) is 5.03. The monoisotopic (exact) mass is 470 g/mol. The summed E-state index contributed by atoms with van der Waals surface area (Å²) < 4.78 is 5.84. The summed E-state index contributed by atoms with van der Waals surface area (Å²) >= 11 is 0. The molecule has 1 unspecified atom stereocenters. The standard InChI is InChI=1S/C30H34N2O3/c1-4-32(5-2)19-20-35-25-17-15-23(16-18-25)28(33)21-29(34)30(24-11-7-6-8-12-24)22-31(3)27-14-10-9-13-26(27)30/h6-18H,4-5,19-22H2,1-3H3. The highest BCUT2D eigenvalue weighted by atomic mass is 16.5. The lowest BCUT2D eigenvalue weighted by atomic mass is 9.71. The topological polar surface area (TPSA) is 49.9 Å². The van der Waals surface area contributed by atoms with Gasteiger partial charge in [-0.3, -0.25) is 9.59 Å². The van der Waals surface area contributed by atoms with Crippen LogP contribution >= 0.6 is 0 Å². The van der Waals surface area contributed by atoms with E-state index in [1.165, 1.54) is 0 Å². The lowest BCUT2D eigenvalue weighted by Crippen LogP contribution is -2.42. The third-order valence-electron chi connectivity index (χ3n) is 7.06. The van der Waals surface area contributed by atoms with Crippen molar-refractivity contribution in [2.75, 3.05) is 44.7 Å². The van der Waals surface area contributed by atoms with Crippen LogP contribution in [0.5, 0.6) is 5.75 Å². The first kappa shape index (κ1) is 24.7. The van der Waals surface area contributed by atoms with Gasteiger partial charge in [0, 0.05) is 31.4 Å². The molecule has 3 aromatic rings. The lowest BCUT2D eigenvalue weighted by molar-refractivity contribution is -0.121. The molecule has 0 bridgehead atoms. The first-order valence-corrected chi connectivity index (χ1v) is 12.4. The fraction of sp³-hybridized carbons (Fsp3) is 0.333. The summed E-state index contributed by atoms with van der Waals surface area (Å²) in [4.78, 5) is 31.5. The van der Waals surface area contributed by atoms with Crippen LogP contribution in [0.1, 0.15) is 41.8 Å². The van der Waals surface area contributed by atoms with Gasteiger partial charge in [-0.05, 0) is 54.5 Å². The largest absolute Gasteiger partial charge is 0.492 e. The molecule has 35 heavy (non-hydrogen) atoms. The van der Waals surface area contributed by atoms with Crippen molar-refractivity contribution in [2.24, 2.45) is 0 Å². The van der Waals surface area contributed by atoms with E-state index < -0.39 is 5.41 Å². The van der Waals surface area contributed by atoms with Gasteiger partial charge in [-0.1, -0.05) is 62.4 Å². The molecule has 1 heterocycles. The second-order valence-corrected chi connectivity index (χ2v) is 9.07. The van der Waals surface area contributed by atoms with E-state index in [0.29, 0.717) is 18.7 Å². The Balaban J connectivity index is 1.51. The predicted molar refractivity (Wildman–Crippen MR) is 141 cm³/mol. The van der Waals surface area contributed by atoms with Crippen LogP contribution in [0.4, 0.5) is 5.69 Å². The van der Waals surface area contributed by atoms with E-state index in [1.54, 1.807) is 12.1 Å². The number of ether oxygens (including phenoxy) is 1. The van der Waals surface area contributed by atoms with Crippen LogP contribution in [-0.2, 0) is 10.2 Å². The van der Waals surface area contributed by atoms with Gasteiger partial charge in [-0.2, -0.15) is 0 Å². The highest BCUT2D eigenvalue weighted by molar-refractivity contribution is 6.13. The van der Waals surface area contributed by atoms with Gasteiger partial charge in [-0.25, -0.2) is 0 Å². The number of para-hydroxylation sites is 1. The first-order chi connectivity index (χ1) is 17.0. The van der Waals surface area contributed by atoms with Crippen molar-refractivity contribution in [1.29, 1.82) is 0 Å². The van der Waals surface area contributed by atoms with Gasteiger partial charge in [0.15, 0.2) is 11.6 Å². The van der Waals surface area contributed by atoms with Crippen molar-refractivity contribution in [3.05, 3.63) is 95.6 Å². The van der Waals surface area contributed by atoms with Crippen LogP contribution in [0.25, 0.3) is 0 Å². The summed E-state index contributed by atoms with van der Waals surface area (Å²) in [7, 11) is 2.00. The van der Waals surface area contributed by atoms with E-state index in [2.05, 4.69) is 23.6 Å². The number of rotatable bonds is 11. The average molecular weight is 471 g/mol. The maximum atomic E-state index is 13.9. The van der Waals surface area contributed by atoms with Gasteiger partial charge < -0.3 is 14.5 Å². The Bertz CT molecular complexity index is 1160. The number of hydrogen-bond donors (Lipinski definition) is 0. The Morgan fingerprint density at radius 2 is 1.57 bits per heavy atom. The molecule has 1 aliphatic heterocycles. The molecule has 1 atom stereocenters. The lowest BCUT2D eigenvalue weighted by Gasteiger charge is -2.29. The number of benzene rings is 3. The Morgan fingerprint density at radius 1 is 0.914 bits per heavy atom. The quantitative estimate of drug-likeness (QED) is 0.292. The van der Waals surface area contributed by atoms with Crippen LogP contribution in [0, 0.1) is 0 Å². The molecule has 0 saturated carbocycles. The number of anilines is 1. The Kier molecular flexibility index (Phi) is 7.67. The molecule has 0 saturated heterocycles. The molecule has 0 radical (unpaired) electrons. The van der Waals surface area contributed by atoms with Crippen LogP contribution in [0.2, 0.25) is 0 Å². The number of carbonyl (C=O) groups excluding carboxylic acids is 2. The maximum absolute atomic E-state index is 13.9. The smallest absolute Gasteiger partial charge is 0.170 e. The van der Waals surface area contributed by atoms with E-state index in [4.69, 9.17) is 4.74 Å². The number of Topliss-reactive ketones (excluding diaryl/α,β-unsaturated/α-hetero) is 2. The van der Waals surface area contributed by atoms with Crippen molar-refractivity contribution in [3.8, 4) is 5.75 Å². The van der Waals surface area contributed by atoms with E-state index in [1.807, 2.05) is 73.8 Å². The summed E-state index contributed by atoms with van der Waals surface area (Å²) in [6, 6.07) is 25.0. The number of carbonyl (C=O) groups is 2. The molecule has 0 N–H and O–H groups in total. The highest BCUT2D eigenvalue weighted by Crippen LogP contribution is 2.45. The second-order valence-electron chi connectivity index (χ2n) is 9.07. The molecule has 182 valence electrons. The van der Waals surface area contributed by atoms with Crippen molar-refractivity contribution >= 4 is 17.3 Å². The second kappa shape index (κ2) is 10.9. The fourth-order valence-electron chi connectivity index (χ4n) is 5.03. The molecule has 0 spiro atoms. The van der Waals surface area contributed by atoms with Gasteiger partial charge >= 0.3 is 0 Å². The van der Waals surface area contributed by atoms with E-state index in [9.17, 15) is 9.59 Å². The highest BCUT2D eigenvalue weighted by Gasteiger charge is 2.48. The number of likely N-dealkylation sites (N-methyl/N-ethyl adjacent to an activating group) is 2. The van der Waals surface area contributed by atoms with Crippen molar-refractivity contribution in [1.82, 2.24) is 4.90 Å². The minimum Gasteiger partial charge on any atom is -0.492 e. The average Bonchev–Trinajstić information content (AvgIpc) is 3.21. The maximum Gasteiger partial charge on any atom is 0.170 e. The molecule has 5 heteroatoms. The van der Waals surface area contributed by atoms with E-state index in [0.717, 1.165) is 42.2 Å². The zero-order valence-corrected chi connectivity index (χ0v) is 20.9. The number of fused-ring (bicyclic) bond motifs is 1. The molecule has 0 aromatic heterocycles. The molecular weight excluding hydrogens is 436 g/mol. The molecule has 4 rings (SSSR count). The van der Waals surface area contributed by atoms with E-state index >= 15 is 0 Å². The normalized spacial score (nSPS) is 16.9.